The number of hydrogen-bond donors (Lipinski definition) is 1. The Labute approximate surface area is 102 Å². The first-order chi connectivity index (χ1) is 7.54. The molecule has 84 valence electrons. The van der Waals surface area contributed by atoms with E-state index in [0.717, 1.165) is 0 Å². The van der Waals surface area contributed by atoms with Gasteiger partial charge in [0.1, 0.15) is 6.54 Å². The summed E-state index contributed by atoms with van der Waals surface area (Å²) in [5.74, 6) is 1.30. The van der Waals surface area contributed by atoms with Crippen LogP contribution in [0.2, 0.25) is 10.3 Å². The molecule has 0 aliphatic rings. The monoisotopic (exact) mass is 259 g/mol. The molecule has 7 heteroatoms. The van der Waals surface area contributed by atoms with Gasteiger partial charge in [-0.15, -0.1) is 16.6 Å². The fourth-order valence-electron chi connectivity index (χ4n) is 1.07. The summed E-state index contributed by atoms with van der Waals surface area (Å²) >= 11 is 11.4. The SMILES string of the molecule is C#CCN(CC(=O)O)c1cc(Cl)nnc1Cl. The average molecular weight is 260 g/mol. The minimum atomic E-state index is -1.03. The van der Waals surface area contributed by atoms with E-state index in [9.17, 15) is 4.79 Å². The number of nitrogens with zero attached hydrogens (tertiary/aromatic N) is 3. The van der Waals surface area contributed by atoms with Gasteiger partial charge in [-0.3, -0.25) is 4.79 Å². The van der Waals surface area contributed by atoms with Crippen LogP contribution in [0.15, 0.2) is 6.07 Å². The van der Waals surface area contributed by atoms with Crippen molar-refractivity contribution in [2.75, 3.05) is 18.0 Å². The molecule has 0 unspecified atom stereocenters. The predicted molar refractivity (Wildman–Crippen MR) is 60.7 cm³/mol. The standard InChI is InChI=1S/C9H7Cl2N3O2/c1-2-3-14(5-8(15)16)6-4-7(10)12-13-9(6)11/h1,4H,3,5H2,(H,15,16). The van der Waals surface area contributed by atoms with Crippen molar-refractivity contribution in [3.8, 4) is 12.3 Å². The fourth-order valence-corrected chi connectivity index (χ4v) is 1.42. The van der Waals surface area contributed by atoms with Crippen LogP contribution in [0.1, 0.15) is 0 Å². The molecule has 0 amide bonds. The van der Waals surface area contributed by atoms with Crippen molar-refractivity contribution < 1.29 is 9.90 Å². The van der Waals surface area contributed by atoms with Gasteiger partial charge in [-0.05, 0) is 0 Å². The van der Waals surface area contributed by atoms with Gasteiger partial charge in [-0.1, -0.05) is 29.1 Å². The number of halogens is 2. The molecule has 0 bridgehead atoms. The second-order valence-corrected chi connectivity index (χ2v) is 3.54. The van der Waals surface area contributed by atoms with Gasteiger partial charge in [0.25, 0.3) is 0 Å². The van der Waals surface area contributed by atoms with Crippen LogP contribution in [0, 0.1) is 12.3 Å². The summed E-state index contributed by atoms with van der Waals surface area (Å²) in [7, 11) is 0. The number of terminal acetylenes is 1. The third kappa shape index (κ3) is 3.26. The highest BCUT2D eigenvalue weighted by molar-refractivity contribution is 6.33. The Morgan fingerprint density at radius 1 is 1.56 bits per heavy atom. The maximum Gasteiger partial charge on any atom is 0.323 e. The molecule has 0 atom stereocenters. The molecule has 0 aliphatic carbocycles. The Hall–Kier alpha value is -1.51. The van der Waals surface area contributed by atoms with Gasteiger partial charge in [-0.25, -0.2) is 0 Å². The van der Waals surface area contributed by atoms with Crippen LogP contribution in [0.25, 0.3) is 0 Å². The van der Waals surface area contributed by atoms with Gasteiger partial charge in [-0.2, -0.15) is 0 Å². The molecule has 1 N–H and O–H groups in total. The van der Waals surface area contributed by atoms with E-state index in [4.69, 9.17) is 34.7 Å². The van der Waals surface area contributed by atoms with Crippen LogP contribution in [-0.2, 0) is 4.79 Å². The molecule has 1 heterocycles. The molecule has 0 saturated heterocycles. The number of hydrogen-bond acceptors (Lipinski definition) is 4. The number of aromatic nitrogens is 2. The summed E-state index contributed by atoms with van der Waals surface area (Å²) in [5.41, 5.74) is 0.349. The van der Waals surface area contributed by atoms with Crippen LogP contribution >= 0.6 is 23.2 Å². The molecule has 1 rings (SSSR count). The Balaban J connectivity index is 3.05. The van der Waals surface area contributed by atoms with E-state index >= 15 is 0 Å². The fraction of sp³-hybridized carbons (Fsp3) is 0.222. The normalized spacial score (nSPS) is 9.56. The molecule has 0 fully saturated rings. The first kappa shape index (κ1) is 12.6. The van der Waals surface area contributed by atoms with Crippen molar-refractivity contribution >= 4 is 34.9 Å². The number of carboxylic acid groups (broad SMARTS) is 1. The summed E-state index contributed by atoms with van der Waals surface area (Å²) in [6.07, 6.45) is 5.13. The van der Waals surface area contributed by atoms with Crippen molar-refractivity contribution in [1.29, 1.82) is 0 Å². The highest BCUT2D eigenvalue weighted by Crippen LogP contribution is 2.24. The Bertz CT molecular complexity index is 445. The van der Waals surface area contributed by atoms with Gasteiger partial charge in [0.2, 0.25) is 0 Å². The van der Waals surface area contributed by atoms with Crippen LogP contribution in [0.4, 0.5) is 5.69 Å². The maximum absolute atomic E-state index is 10.6. The molecule has 5 nitrogen and oxygen atoms in total. The highest BCUT2D eigenvalue weighted by atomic mass is 35.5. The van der Waals surface area contributed by atoms with E-state index in [1.807, 2.05) is 0 Å². The van der Waals surface area contributed by atoms with E-state index < -0.39 is 5.97 Å². The summed E-state index contributed by atoms with van der Waals surface area (Å²) in [6, 6.07) is 1.41. The minimum Gasteiger partial charge on any atom is -0.480 e. The number of anilines is 1. The predicted octanol–water partition coefficient (Wildman–Crippen LogP) is 1.31. The van der Waals surface area contributed by atoms with E-state index in [2.05, 4.69) is 16.1 Å². The largest absolute Gasteiger partial charge is 0.480 e. The summed E-state index contributed by atoms with van der Waals surface area (Å²) in [4.78, 5) is 12.0. The first-order valence-electron chi connectivity index (χ1n) is 4.13. The van der Waals surface area contributed by atoms with Gasteiger partial charge in [0, 0.05) is 6.07 Å². The van der Waals surface area contributed by atoms with Gasteiger partial charge in [0.15, 0.2) is 10.3 Å². The lowest BCUT2D eigenvalue weighted by molar-refractivity contribution is -0.135. The lowest BCUT2D eigenvalue weighted by atomic mass is 10.3. The Kier molecular flexibility index (Phi) is 4.35. The molecule has 0 saturated carbocycles. The molecule has 0 radical (unpaired) electrons. The molecular weight excluding hydrogens is 253 g/mol. The summed E-state index contributed by atoms with van der Waals surface area (Å²) < 4.78 is 0. The molecule has 1 aromatic rings. The topological polar surface area (TPSA) is 66.3 Å². The molecule has 16 heavy (non-hydrogen) atoms. The zero-order valence-corrected chi connectivity index (χ0v) is 9.53. The van der Waals surface area contributed by atoms with Gasteiger partial charge < -0.3 is 10.0 Å². The lowest BCUT2D eigenvalue weighted by Crippen LogP contribution is -2.30. The highest BCUT2D eigenvalue weighted by Gasteiger charge is 2.14. The third-order valence-corrected chi connectivity index (χ3v) is 2.10. The van der Waals surface area contributed by atoms with E-state index in [1.54, 1.807) is 0 Å². The van der Waals surface area contributed by atoms with Crippen molar-refractivity contribution in [3.63, 3.8) is 0 Å². The Morgan fingerprint density at radius 2 is 2.25 bits per heavy atom. The summed E-state index contributed by atoms with van der Waals surface area (Å²) in [6.45, 7) is -0.194. The number of carbonyl (C=O) groups is 1. The molecule has 1 aromatic heterocycles. The van der Waals surface area contributed by atoms with Crippen molar-refractivity contribution in [2.24, 2.45) is 0 Å². The first-order valence-corrected chi connectivity index (χ1v) is 4.89. The van der Waals surface area contributed by atoms with Crippen LogP contribution in [-0.4, -0.2) is 34.4 Å². The van der Waals surface area contributed by atoms with Crippen molar-refractivity contribution in [3.05, 3.63) is 16.4 Å². The number of aliphatic carboxylic acids is 1. The zero-order chi connectivity index (χ0) is 12.1. The lowest BCUT2D eigenvalue weighted by Gasteiger charge is -2.20. The average Bonchev–Trinajstić information content (AvgIpc) is 2.20. The molecule has 0 aromatic carbocycles. The van der Waals surface area contributed by atoms with Crippen LogP contribution in [0.3, 0.4) is 0 Å². The van der Waals surface area contributed by atoms with Crippen LogP contribution < -0.4 is 4.90 Å². The summed E-state index contributed by atoms with van der Waals surface area (Å²) in [5, 5.41) is 16.0. The van der Waals surface area contributed by atoms with Gasteiger partial charge in [0.05, 0.1) is 12.2 Å². The second-order valence-electron chi connectivity index (χ2n) is 2.80. The number of carboxylic acids is 1. The van der Waals surface area contributed by atoms with E-state index in [1.165, 1.54) is 11.0 Å². The maximum atomic E-state index is 10.6. The van der Waals surface area contributed by atoms with E-state index in [-0.39, 0.29) is 23.4 Å². The second kappa shape index (κ2) is 5.54. The zero-order valence-electron chi connectivity index (χ0n) is 8.02. The molecular formula is C9H7Cl2N3O2. The number of rotatable bonds is 4. The molecule has 0 aliphatic heterocycles. The van der Waals surface area contributed by atoms with Crippen molar-refractivity contribution in [1.82, 2.24) is 10.2 Å². The quantitative estimate of drug-likeness (QED) is 0.826. The van der Waals surface area contributed by atoms with E-state index in [0.29, 0.717) is 5.69 Å². The Morgan fingerprint density at radius 3 is 2.81 bits per heavy atom. The smallest absolute Gasteiger partial charge is 0.323 e. The van der Waals surface area contributed by atoms with Crippen molar-refractivity contribution in [2.45, 2.75) is 0 Å². The minimum absolute atomic E-state index is 0.0564. The van der Waals surface area contributed by atoms with Gasteiger partial charge >= 0.3 is 5.97 Å². The molecule has 0 spiro atoms. The van der Waals surface area contributed by atoms with Crippen LogP contribution in [0.5, 0.6) is 0 Å². The third-order valence-electron chi connectivity index (χ3n) is 1.65.